The van der Waals surface area contributed by atoms with Gasteiger partial charge < -0.3 is 4.18 Å². The van der Waals surface area contributed by atoms with E-state index in [1.165, 1.54) is 6.92 Å². The summed E-state index contributed by atoms with van der Waals surface area (Å²) in [7, 11) is -5.65. The quantitative estimate of drug-likeness (QED) is 0.621. The fraction of sp³-hybridized carbons (Fsp3) is 0.625. The van der Waals surface area contributed by atoms with Gasteiger partial charge in [0.1, 0.15) is 0 Å². The van der Waals surface area contributed by atoms with Crippen molar-refractivity contribution in [1.29, 1.82) is 0 Å². The van der Waals surface area contributed by atoms with E-state index in [1.807, 2.05) is 0 Å². The number of hydrogen-bond acceptors (Lipinski definition) is 4. The summed E-state index contributed by atoms with van der Waals surface area (Å²) in [4.78, 5) is 0. The fourth-order valence-corrected chi connectivity index (χ4v) is 1.63. The smallest absolute Gasteiger partial charge is 0.355 e. The van der Waals surface area contributed by atoms with E-state index in [0.29, 0.717) is 5.69 Å². The van der Waals surface area contributed by atoms with Gasteiger partial charge in [0.25, 0.3) is 0 Å². The Morgan fingerprint density at radius 1 is 1.35 bits per heavy atom. The standard InChI is InChI=1S/C8H11F3N2O3S/c1-4-13-7(5(2)6(3)12-13)16-17(14,15)8(9,10)11/h4H2,1-3H3. The Bertz CT molecular complexity index is 519. The zero-order valence-corrected chi connectivity index (χ0v) is 10.2. The Kier molecular flexibility index (Phi) is 3.42. The minimum absolute atomic E-state index is 0.206. The maximum Gasteiger partial charge on any atom is 0.534 e. The number of rotatable bonds is 3. The van der Waals surface area contributed by atoms with E-state index in [2.05, 4.69) is 9.28 Å². The van der Waals surface area contributed by atoms with Crippen molar-refractivity contribution in [2.24, 2.45) is 0 Å². The van der Waals surface area contributed by atoms with Crippen LogP contribution in [0, 0.1) is 13.8 Å². The van der Waals surface area contributed by atoms with Crippen LogP contribution >= 0.6 is 0 Å². The molecule has 1 rings (SSSR count). The second kappa shape index (κ2) is 4.21. The first-order valence-electron chi connectivity index (χ1n) is 4.65. The lowest BCUT2D eigenvalue weighted by Gasteiger charge is -2.10. The highest BCUT2D eigenvalue weighted by Crippen LogP contribution is 2.29. The molecule has 0 unspecified atom stereocenters. The Morgan fingerprint density at radius 2 is 1.88 bits per heavy atom. The third-order valence-corrected chi connectivity index (χ3v) is 3.08. The molecule has 0 amide bonds. The van der Waals surface area contributed by atoms with E-state index in [1.54, 1.807) is 13.8 Å². The van der Waals surface area contributed by atoms with Crippen LogP contribution in [0.4, 0.5) is 13.2 Å². The van der Waals surface area contributed by atoms with Gasteiger partial charge in [0.15, 0.2) is 0 Å². The SMILES string of the molecule is CCn1nc(C)c(C)c1OS(=O)(=O)C(F)(F)F. The second-order valence-electron chi connectivity index (χ2n) is 3.31. The molecule has 0 atom stereocenters. The lowest BCUT2D eigenvalue weighted by atomic mass is 10.3. The lowest BCUT2D eigenvalue weighted by molar-refractivity contribution is -0.0502. The Balaban J connectivity index is 3.21. The Hall–Kier alpha value is -1.25. The molecule has 0 aliphatic rings. The van der Waals surface area contributed by atoms with Crippen LogP contribution in [-0.2, 0) is 16.7 Å². The monoisotopic (exact) mass is 272 g/mol. The molecule has 0 saturated carbocycles. The van der Waals surface area contributed by atoms with Gasteiger partial charge in [0, 0.05) is 12.1 Å². The molecule has 0 bridgehead atoms. The molecule has 17 heavy (non-hydrogen) atoms. The predicted octanol–water partition coefficient (Wildman–Crippen LogP) is 1.75. The van der Waals surface area contributed by atoms with Crippen LogP contribution < -0.4 is 4.18 Å². The summed E-state index contributed by atoms with van der Waals surface area (Å²) in [6.45, 7) is 4.81. The van der Waals surface area contributed by atoms with Crippen molar-refractivity contribution in [3.05, 3.63) is 11.3 Å². The van der Waals surface area contributed by atoms with Crippen molar-refractivity contribution in [3.8, 4) is 5.88 Å². The summed E-state index contributed by atoms with van der Waals surface area (Å²) in [6, 6.07) is 0. The van der Waals surface area contributed by atoms with Gasteiger partial charge in [0.05, 0.1) is 5.69 Å². The molecule has 0 fully saturated rings. The van der Waals surface area contributed by atoms with Gasteiger partial charge in [-0.3, -0.25) is 0 Å². The zero-order chi connectivity index (χ0) is 13.4. The van der Waals surface area contributed by atoms with Crippen molar-refractivity contribution in [3.63, 3.8) is 0 Å². The number of aryl methyl sites for hydroxylation is 2. The molecule has 1 aromatic rings. The van der Waals surface area contributed by atoms with Gasteiger partial charge >= 0.3 is 15.6 Å². The van der Waals surface area contributed by atoms with Crippen LogP contribution in [0.2, 0.25) is 0 Å². The molecule has 0 saturated heterocycles. The van der Waals surface area contributed by atoms with Crippen molar-refractivity contribution in [2.45, 2.75) is 32.8 Å². The highest BCUT2D eigenvalue weighted by atomic mass is 32.2. The van der Waals surface area contributed by atoms with E-state index < -0.39 is 21.5 Å². The molecule has 0 N–H and O–H groups in total. The molecular formula is C8H11F3N2O3S. The predicted molar refractivity (Wildman–Crippen MR) is 53.0 cm³/mol. The molecule has 5 nitrogen and oxygen atoms in total. The highest BCUT2D eigenvalue weighted by Gasteiger charge is 2.49. The minimum Gasteiger partial charge on any atom is -0.355 e. The summed E-state index contributed by atoms with van der Waals surface area (Å²) in [5.74, 6) is -0.401. The van der Waals surface area contributed by atoms with Crippen LogP contribution in [0.15, 0.2) is 0 Å². The molecule has 0 aliphatic carbocycles. The van der Waals surface area contributed by atoms with E-state index in [9.17, 15) is 21.6 Å². The summed E-state index contributed by atoms with van der Waals surface area (Å²) in [5, 5.41) is 3.85. The van der Waals surface area contributed by atoms with Gasteiger partial charge in [-0.15, -0.1) is 0 Å². The van der Waals surface area contributed by atoms with Crippen molar-refractivity contribution in [1.82, 2.24) is 9.78 Å². The average molecular weight is 272 g/mol. The number of hydrogen-bond donors (Lipinski definition) is 0. The minimum atomic E-state index is -5.65. The summed E-state index contributed by atoms with van der Waals surface area (Å²) < 4.78 is 63.3. The first-order chi connectivity index (χ1) is 7.60. The van der Waals surface area contributed by atoms with Gasteiger partial charge in [-0.25, -0.2) is 4.68 Å². The van der Waals surface area contributed by atoms with E-state index in [4.69, 9.17) is 0 Å². The molecule has 0 radical (unpaired) electrons. The Labute approximate surface area is 96.3 Å². The summed E-state index contributed by atoms with van der Waals surface area (Å²) in [6.07, 6.45) is 0. The molecule has 1 aromatic heterocycles. The normalized spacial score (nSPS) is 12.8. The maximum absolute atomic E-state index is 12.2. The third-order valence-electron chi connectivity index (χ3n) is 2.14. The Morgan fingerprint density at radius 3 is 2.29 bits per heavy atom. The summed E-state index contributed by atoms with van der Waals surface area (Å²) >= 11 is 0. The number of alkyl halides is 3. The van der Waals surface area contributed by atoms with Gasteiger partial charge in [0.2, 0.25) is 5.88 Å². The average Bonchev–Trinajstić information content (AvgIpc) is 2.43. The van der Waals surface area contributed by atoms with E-state index in [-0.39, 0.29) is 12.1 Å². The van der Waals surface area contributed by atoms with Crippen molar-refractivity contribution < 1.29 is 25.8 Å². The molecule has 0 aliphatic heterocycles. The maximum atomic E-state index is 12.2. The van der Waals surface area contributed by atoms with Gasteiger partial charge in [-0.2, -0.15) is 26.7 Å². The topological polar surface area (TPSA) is 61.2 Å². The number of halogens is 3. The number of nitrogens with zero attached hydrogens (tertiary/aromatic N) is 2. The molecular weight excluding hydrogens is 261 g/mol. The van der Waals surface area contributed by atoms with Crippen LogP contribution in [0.25, 0.3) is 0 Å². The molecule has 1 heterocycles. The van der Waals surface area contributed by atoms with Gasteiger partial charge in [-0.05, 0) is 20.8 Å². The van der Waals surface area contributed by atoms with Crippen molar-refractivity contribution in [2.75, 3.05) is 0 Å². The molecule has 0 aromatic carbocycles. The second-order valence-corrected chi connectivity index (χ2v) is 4.85. The molecule has 0 spiro atoms. The third kappa shape index (κ3) is 2.54. The van der Waals surface area contributed by atoms with Crippen LogP contribution in [0.5, 0.6) is 5.88 Å². The van der Waals surface area contributed by atoms with Crippen LogP contribution in [-0.4, -0.2) is 23.7 Å². The first-order valence-corrected chi connectivity index (χ1v) is 6.05. The highest BCUT2D eigenvalue weighted by molar-refractivity contribution is 7.87. The van der Waals surface area contributed by atoms with E-state index >= 15 is 0 Å². The molecule has 98 valence electrons. The first kappa shape index (κ1) is 13.8. The largest absolute Gasteiger partial charge is 0.534 e. The van der Waals surface area contributed by atoms with Crippen LogP contribution in [0.1, 0.15) is 18.2 Å². The molecule has 9 heteroatoms. The zero-order valence-electron chi connectivity index (χ0n) is 9.37. The van der Waals surface area contributed by atoms with Crippen molar-refractivity contribution >= 4 is 10.1 Å². The van der Waals surface area contributed by atoms with E-state index in [0.717, 1.165) is 4.68 Å². The van der Waals surface area contributed by atoms with Gasteiger partial charge in [-0.1, -0.05) is 0 Å². The van der Waals surface area contributed by atoms with Crippen LogP contribution in [0.3, 0.4) is 0 Å². The summed E-state index contributed by atoms with van der Waals surface area (Å²) in [5.41, 5.74) is -4.77. The number of aromatic nitrogens is 2. The lowest BCUT2D eigenvalue weighted by Crippen LogP contribution is -2.29. The fourth-order valence-electron chi connectivity index (χ4n) is 1.12.